The summed E-state index contributed by atoms with van der Waals surface area (Å²) in [6, 6.07) is 7.21. The van der Waals surface area contributed by atoms with Crippen molar-refractivity contribution in [2.75, 3.05) is 26.2 Å². The van der Waals surface area contributed by atoms with Gasteiger partial charge in [-0.15, -0.1) is 0 Å². The number of rotatable bonds is 10. The van der Waals surface area contributed by atoms with Crippen molar-refractivity contribution in [2.45, 2.75) is 46.3 Å². The van der Waals surface area contributed by atoms with Crippen LogP contribution in [0.5, 0.6) is 0 Å². The first-order chi connectivity index (χ1) is 13.2. The van der Waals surface area contributed by atoms with Crippen molar-refractivity contribution in [1.82, 2.24) is 16.0 Å². The monoisotopic (exact) mass is 393 g/mol. The Morgan fingerprint density at radius 3 is 2.43 bits per heavy atom. The molecule has 2 amide bonds. The van der Waals surface area contributed by atoms with Crippen LogP contribution in [0.3, 0.4) is 0 Å². The van der Waals surface area contributed by atoms with Crippen molar-refractivity contribution in [2.24, 2.45) is 0 Å². The summed E-state index contributed by atoms with van der Waals surface area (Å²) in [6.07, 6.45) is -0.212. The molecule has 3 N–H and O–H groups in total. The van der Waals surface area contributed by atoms with E-state index in [9.17, 15) is 14.4 Å². The van der Waals surface area contributed by atoms with Crippen molar-refractivity contribution in [1.29, 1.82) is 0 Å². The summed E-state index contributed by atoms with van der Waals surface area (Å²) in [4.78, 5) is 35.0. The van der Waals surface area contributed by atoms with Gasteiger partial charge in [0.25, 0.3) is 5.91 Å². The number of amides is 2. The maximum atomic E-state index is 12.2. The summed E-state index contributed by atoms with van der Waals surface area (Å²) in [7, 11) is 0. The Bertz CT molecular complexity index is 655. The summed E-state index contributed by atoms with van der Waals surface area (Å²) < 4.78 is 9.99. The second-order valence-electron chi connectivity index (χ2n) is 7.12. The van der Waals surface area contributed by atoms with E-state index in [1.165, 1.54) is 0 Å². The number of carbonyl (C=O) groups excluding carboxylic acids is 3. The number of nitrogens with one attached hydrogen (secondary N) is 3. The molecule has 0 aliphatic carbocycles. The van der Waals surface area contributed by atoms with Crippen LogP contribution < -0.4 is 16.0 Å². The van der Waals surface area contributed by atoms with Crippen molar-refractivity contribution < 1.29 is 23.9 Å². The number of hydrogen-bond donors (Lipinski definition) is 3. The fourth-order valence-corrected chi connectivity index (χ4v) is 2.24. The SMILES string of the molecule is CCOC(=O)CCNCc1cccc(C(=O)NCCNC(=O)OC(C)(C)C)c1. The van der Waals surface area contributed by atoms with Gasteiger partial charge >= 0.3 is 12.1 Å². The molecule has 1 rings (SSSR count). The summed E-state index contributed by atoms with van der Waals surface area (Å²) >= 11 is 0. The van der Waals surface area contributed by atoms with Gasteiger partial charge in [0.05, 0.1) is 13.0 Å². The largest absolute Gasteiger partial charge is 0.466 e. The maximum Gasteiger partial charge on any atom is 0.407 e. The third kappa shape index (κ3) is 10.5. The lowest BCUT2D eigenvalue weighted by atomic mass is 10.1. The molecule has 0 fully saturated rings. The molecule has 0 heterocycles. The fraction of sp³-hybridized carbons (Fsp3) is 0.550. The Morgan fingerprint density at radius 1 is 1.04 bits per heavy atom. The van der Waals surface area contributed by atoms with E-state index in [4.69, 9.17) is 9.47 Å². The van der Waals surface area contributed by atoms with Gasteiger partial charge in [0.2, 0.25) is 0 Å². The highest BCUT2D eigenvalue weighted by atomic mass is 16.6. The van der Waals surface area contributed by atoms with Crippen LogP contribution in [0, 0.1) is 0 Å². The molecule has 1 aromatic carbocycles. The molecule has 0 saturated heterocycles. The minimum absolute atomic E-state index is 0.223. The summed E-state index contributed by atoms with van der Waals surface area (Å²) in [5.41, 5.74) is 0.906. The van der Waals surface area contributed by atoms with Gasteiger partial charge in [0, 0.05) is 31.7 Å². The molecule has 1 aromatic rings. The Labute approximate surface area is 166 Å². The number of alkyl carbamates (subject to hydrolysis) is 1. The molecule has 8 nitrogen and oxygen atoms in total. The number of benzene rings is 1. The molecule has 28 heavy (non-hydrogen) atoms. The zero-order valence-corrected chi connectivity index (χ0v) is 17.1. The molecule has 8 heteroatoms. The summed E-state index contributed by atoms with van der Waals surface area (Å²) in [5.74, 6) is -0.456. The lowest BCUT2D eigenvalue weighted by Gasteiger charge is -2.19. The Morgan fingerprint density at radius 2 is 1.75 bits per heavy atom. The third-order valence-corrected chi connectivity index (χ3v) is 3.41. The van der Waals surface area contributed by atoms with Gasteiger partial charge in [-0.2, -0.15) is 0 Å². The van der Waals surface area contributed by atoms with E-state index in [2.05, 4.69) is 16.0 Å². The van der Waals surface area contributed by atoms with Crippen LogP contribution in [0.25, 0.3) is 0 Å². The van der Waals surface area contributed by atoms with Crippen molar-refractivity contribution in [3.63, 3.8) is 0 Å². The fourth-order valence-electron chi connectivity index (χ4n) is 2.24. The quantitative estimate of drug-likeness (QED) is 0.415. The van der Waals surface area contributed by atoms with Crippen molar-refractivity contribution in [3.8, 4) is 0 Å². The van der Waals surface area contributed by atoms with E-state index in [1.807, 2.05) is 6.07 Å². The zero-order valence-electron chi connectivity index (χ0n) is 17.1. The zero-order chi connectivity index (χ0) is 21.0. The molecule has 156 valence electrons. The summed E-state index contributed by atoms with van der Waals surface area (Å²) in [5, 5.41) is 8.48. The first-order valence-corrected chi connectivity index (χ1v) is 9.41. The summed E-state index contributed by atoms with van der Waals surface area (Å²) in [6.45, 7) is 9.12. The van der Waals surface area contributed by atoms with Crippen LogP contribution in [0.15, 0.2) is 24.3 Å². The van der Waals surface area contributed by atoms with Gasteiger partial charge < -0.3 is 25.4 Å². The molecule has 0 atom stereocenters. The molecule has 0 bridgehead atoms. The molecule has 0 saturated carbocycles. The van der Waals surface area contributed by atoms with Gasteiger partial charge in [-0.1, -0.05) is 12.1 Å². The van der Waals surface area contributed by atoms with Crippen LogP contribution in [-0.2, 0) is 20.8 Å². The predicted molar refractivity (Wildman–Crippen MR) is 106 cm³/mol. The van der Waals surface area contributed by atoms with Gasteiger partial charge in [0.1, 0.15) is 5.60 Å². The highest BCUT2D eigenvalue weighted by Crippen LogP contribution is 2.06. The normalized spacial score (nSPS) is 10.9. The molecule has 0 unspecified atom stereocenters. The van der Waals surface area contributed by atoms with Crippen LogP contribution in [0.4, 0.5) is 4.79 Å². The third-order valence-electron chi connectivity index (χ3n) is 3.41. The van der Waals surface area contributed by atoms with Gasteiger partial charge in [-0.3, -0.25) is 9.59 Å². The lowest BCUT2D eigenvalue weighted by Crippen LogP contribution is -2.37. The van der Waals surface area contributed by atoms with E-state index in [0.717, 1.165) is 5.56 Å². The molecule has 0 radical (unpaired) electrons. The van der Waals surface area contributed by atoms with Gasteiger partial charge in [-0.05, 0) is 45.4 Å². The minimum atomic E-state index is -0.557. The predicted octanol–water partition coefficient (Wildman–Crippen LogP) is 1.98. The first kappa shape index (κ1) is 23.4. The molecule has 0 aliphatic heterocycles. The average molecular weight is 393 g/mol. The second-order valence-corrected chi connectivity index (χ2v) is 7.12. The maximum absolute atomic E-state index is 12.2. The molecular weight excluding hydrogens is 362 g/mol. The van der Waals surface area contributed by atoms with Crippen LogP contribution in [-0.4, -0.2) is 49.8 Å². The highest BCUT2D eigenvalue weighted by Gasteiger charge is 2.15. The number of ether oxygens (including phenoxy) is 2. The lowest BCUT2D eigenvalue weighted by molar-refractivity contribution is -0.142. The number of esters is 1. The van der Waals surface area contributed by atoms with E-state index >= 15 is 0 Å². The average Bonchev–Trinajstić information content (AvgIpc) is 2.61. The van der Waals surface area contributed by atoms with Crippen LogP contribution in [0.1, 0.15) is 50.0 Å². The first-order valence-electron chi connectivity index (χ1n) is 9.41. The standard InChI is InChI=1S/C20H31N3O5/c1-5-27-17(24)9-10-21-14-15-7-6-8-16(13-15)18(25)22-11-12-23-19(26)28-20(2,3)4/h6-8,13,21H,5,9-12,14H2,1-4H3,(H,22,25)(H,23,26). The second kappa shape index (κ2) is 12.0. The van der Waals surface area contributed by atoms with Crippen molar-refractivity contribution in [3.05, 3.63) is 35.4 Å². The Hall–Kier alpha value is -2.61. The Balaban J connectivity index is 2.33. The Kier molecular flexibility index (Phi) is 10.0. The van der Waals surface area contributed by atoms with Gasteiger partial charge in [-0.25, -0.2) is 4.79 Å². The van der Waals surface area contributed by atoms with E-state index < -0.39 is 11.7 Å². The smallest absolute Gasteiger partial charge is 0.407 e. The van der Waals surface area contributed by atoms with Gasteiger partial charge in [0.15, 0.2) is 0 Å². The van der Waals surface area contributed by atoms with Crippen LogP contribution in [0.2, 0.25) is 0 Å². The van der Waals surface area contributed by atoms with E-state index in [1.54, 1.807) is 45.9 Å². The van der Waals surface area contributed by atoms with Crippen molar-refractivity contribution >= 4 is 18.0 Å². The molecule has 0 aromatic heterocycles. The number of hydrogen-bond acceptors (Lipinski definition) is 6. The number of carbonyl (C=O) groups is 3. The van der Waals surface area contributed by atoms with E-state index in [0.29, 0.717) is 38.2 Å². The highest BCUT2D eigenvalue weighted by molar-refractivity contribution is 5.94. The molecule has 0 aliphatic rings. The van der Waals surface area contributed by atoms with Crippen LogP contribution >= 0.6 is 0 Å². The molecular formula is C20H31N3O5. The minimum Gasteiger partial charge on any atom is -0.466 e. The topological polar surface area (TPSA) is 106 Å². The molecule has 0 spiro atoms. The van der Waals surface area contributed by atoms with E-state index in [-0.39, 0.29) is 18.4 Å².